The highest BCUT2D eigenvalue weighted by atomic mass is 16.5. The number of ether oxygens (including phenoxy) is 1. The van der Waals surface area contributed by atoms with E-state index in [9.17, 15) is 14.4 Å². The van der Waals surface area contributed by atoms with Crippen molar-refractivity contribution in [3.8, 4) is 11.8 Å². The number of hydrogen-bond acceptors (Lipinski definition) is 5. The first-order chi connectivity index (χ1) is 10.0. The van der Waals surface area contributed by atoms with Crippen LogP contribution in [0.4, 0.5) is 0 Å². The summed E-state index contributed by atoms with van der Waals surface area (Å²) < 4.78 is 5.24. The predicted octanol–water partition coefficient (Wildman–Crippen LogP) is -0.189. The van der Waals surface area contributed by atoms with E-state index >= 15 is 0 Å². The van der Waals surface area contributed by atoms with Crippen LogP contribution in [0.25, 0.3) is 0 Å². The first kappa shape index (κ1) is 14.5. The Morgan fingerprint density at radius 2 is 2.10 bits per heavy atom. The number of amides is 3. The molecule has 0 aromatic heterocycles. The van der Waals surface area contributed by atoms with Crippen LogP contribution in [0.3, 0.4) is 0 Å². The molecule has 1 unspecified atom stereocenters. The van der Waals surface area contributed by atoms with Gasteiger partial charge < -0.3 is 10.1 Å². The van der Waals surface area contributed by atoms with Gasteiger partial charge in [0.15, 0.2) is 6.61 Å². The van der Waals surface area contributed by atoms with Crippen molar-refractivity contribution in [1.82, 2.24) is 10.2 Å². The van der Waals surface area contributed by atoms with E-state index < -0.39 is 17.9 Å². The van der Waals surface area contributed by atoms with E-state index in [4.69, 9.17) is 10.00 Å². The molecule has 3 amide bonds. The summed E-state index contributed by atoms with van der Waals surface area (Å²) >= 11 is 0. The molecule has 1 aromatic carbocycles. The summed E-state index contributed by atoms with van der Waals surface area (Å²) in [6.45, 7) is -0.270. The zero-order chi connectivity index (χ0) is 15.4. The minimum Gasteiger partial charge on any atom is -0.484 e. The number of nitrogens with zero attached hydrogens (tertiary/aromatic N) is 2. The van der Waals surface area contributed by atoms with Gasteiger partial charge in [-0.3, -0.25) is 19.3 Å². The number of carbonyl (C=O) groups excluding carboxylic acids is 3. The van der Waals surface area contributed by atoms with Crippen molar-refractivity contribution < 1.29 is 19.1 Å². The minimum atomic E-state index is -0.820. The third-order valence-electron chi connectivity index (χ3n) is 3.07. The molecule has 1 N–H and O–H groups in total. The fourth-order valence-corrected chi connectivity index (χ4v) is 1.88. The molecule has 1 heterocycles. The molecule has 1 aliphatic rings. The molecule has 0 bridgehead atoms. The third kappa shape index (κ3) is 3.36. The fraction of sp³-hybridized carbons (Fsp3) is 0.286. The number of likely N-dealkylation sites (tertiary alicyclic amines) is 1. The number of rotatable bonds is 4. The summed E-state index contributed by atoms with van der Waals surface area (Å²) in [4.78, 5) is 35.6. The topological polar surface area (TPSA) is 99.5 Å². The summed E-state index contributed by atoms with van der Waals surface area (Å²) in [5.74, 6) is -0.791. The highest BCUT2D eigenvalue weighted by molar-refractivity contribution is 6.06. The van der Waals surface area contributed by atoms with Gasteiger partial charge in [-0.15, -0.1) is 0 Å². The van der Waals surface area contributed by atoms with E-state index in [1.807, 2.05) is 6.07 Å². The zero-order valence-electron chi connectivity index (χ0n) is 11.3. The van der Waals surface area contributed by atoms with Gasteiger partial charge in [-0.2, -0.15) is 5.26 Å². The Balaban J connectivity index is 1.84. The number of imide groups is 1. The van der Waals surface area contributed by atoms with Crippen LogP contribution in [0, 0.1) is 11.3 Å². The molecule has 0 saturated carbocycles. The molecule has 2 rings (SSSR count). The summed E-state index contributed by atoms with van der Waals surface area (Å²) in [7, 11) is 1.38. The molecule has 0 spiro atoms. The average molecular weight is 287 g/mol. The van der Waals surface area contributed by atoms with Crippen LogP contribution in [-0.2, 0) is 14.4 Å². The summed E-state index contributed by atoms with van der Waals surface area (Å²) in [5.41, 5.74) is 0.491. The summed E-state index contributed by atoms with van der Waals surface area (Å²) in [5, 5.41) is 11.1. The van der Waals surface area contributed by atoms with Crippen LogP contribution < -0.4 is 10.1 Å². The van der Waals surface area contributed by atoms with Gasteiger partial charge in [0.25, 0.3) is 11.8 Å². The number of likely N-dealkylation sites (N-methyl/N-ethyl adjacent to an activating group) is 1. The normalized spacial score (nSPS) is 17.5. The van der Waals surface area contributed by atoms with Crippen molar-refractivity contribution in [3.63, 3.8) is 0 Å². The highest BCUT2D eigenvalue weighted by Crippen LogP contribution is 2.12. The molecular formula is C14H13N3O4. The lowest BCUT2D eigenvalue weighted by molar-refractivity contribution is -0.138. The first-order valence-corrected chi connectivity index (χ1v) is 6.24. The van der Waals surface area contributed by atoms with E-state index in [0.29, 0.717) is 11.3 Å². The molecule has 1 aliphatic heterocycles. The van der Waals surface area contributed by atoms with Crippen molar-refractivity contribution in [3.05, 3.63) is 29.8 Å². The Hall–Kier alpha value is -2.88. The monoisotopic (exact) mass is 287 g/mol. The number of benzene rings is 1. The van der Waals surface area contributed by atoms with E-state index in [2.05, 4.69) is 5.32 Å². The van der Waals surface area contributed by atoms with Crippen LogP contribution in [0.5, 0.6) is 5.75 Å². The maximum atomic E-state index is 11.7. The number of carbonyl (C=O) groups is 3. The first-order valence-electron chi connectivity index (χ1n) is 6.24. The van der Waals surface area contributed by atoms with Gasteiger partial charge in [0.2, 0.25) is 5.91 Å². The Morgan fingerprint density at radius 1 is 1.43 bits per heavy atom. The molecule has 1 atom stereocenters. The van der Waals surface area contributed by atoms with Gasteiger partial charge in [-0.05, 0) is 24.3 Å². The van der Waals surface area contributed by atoms with E-state index in [-0.39, 0.29) is 18.9 Å². The van der Waals surface area contributed by atoms with E-state index in [1.165, 1.54) is 7.05 Å². The van der Waals surface area contributed by atoms with Gasteiger partial charge in [-0.1, -0.05) is 0 Å². The Bertz CT molecular complexity index is 618. The molecular weight excluding hydrogens is 274 g/mol. The number of hydrogen-bond donors (Lipinski definition) is 1. The second kappa shape index (κ2) is 6.05. The van der Waals surface area contributed by atoms with Crippen LogP contribution in [0.15, 0.2) is 24.3 Å². The van der Waals surface area contributed by atoms with Gasteiger partial charge in [0.05, 0.1) is 18.1 Å². The zero-order valence-corrected chi connectivity index (χ0v) is 11.3. The maximum absolute atomic E-state index is 11.7. The second-order valence-corrected chi connectivity index (χ2v) is 4.54. The van der Waals surface area contributed by atoms with Gasteiger partial charge in [0.1, 0.15) is 11.8 Å². The Morgan fingerprint density at radius 3 is 2.62 bits per heavy atom. The van der Waals surface area contributed by atoms with Crippen molar-refractivity contribution in [1.29, 1.82) is 5.26 Å². The lowest BCUT2D eigenvalue weighted by Crippen LogP contribution is -2.42. The quantitative estimate of drug-likeness (QED) is 0.774. The third-order valence-corrected chi connectivity index (χ3v) is 3.07. The van der Waals surface area contributed by atoms with Crippen LogP contribution in [0.2, 0.25) is 0 Å². The van der Waals surface area contributed by atoms with Crippen molar-refractivity contribution in [2.24, 2.45) is 0 Å². The molecule has 108 valence electrons. The van der Waals surface area contributed by atoms with Crippen molar-refractivity contribution >= 4 is 17.7 Å². The molecule has 7 nitrogen and oxygen atoms in total. The summed E-state index contributed by atoms with van der Waals surface area (Å²) in [6.07, 6.45) is -0.0298. The van der Waals surface area contributed by atoms with Crippen LogP contribution in [0.1, 0.15) is 12.0 Å². The maximum Gasteiger partial charge on any atom is 0.258 e. The van der Waals surface area contributed by atoms with Crippen LogP contribution in [-0.4, -0.2) is 42.3 Å². The van der Waals surface area contributed by atoms with Crippen molar-refractivity contribution in [2.75, 3.05) is 13.7 Å². The molecule has 21 heavy (non-hydrogen) atoms. The number of nitriles is 1. The van der Waals surface area contributed by atoms with Gasteiger partial charge in [-0.25, -0.2) is 0 Å². The van der Waals surface area contributed by atoms with Crippen molar-refractivity contribution in [2.45, 2.75) is 12.5 Å². The second-order valence-electron chi connectivity index (χ2n) is 4.54. The molecule has 1 saturated heterocycles. The Kier molecular flexibility index (Phi) is 4.18. The SMILES string of the molecule is CN1C(=O)CC(NC(=O)COc2ccc(C#N)cc2)C1=O. The van der Waals surface area contributed by atoms with Crippen LogP contribution >= 0.6 is 0 Å². The molecule has 7 heteroatoms. The standard InChI is InChI=1S/C14H13N3O4/c1-17-13(19)6-11(14(17)20)16-12(18)8-21-10-4-2-9(7-15)3-5-10/h2-5,11H,6,8H2,1H3,(H,16,18). The lowest BCUT2D eigenvalue weighted by Gasteiger charge is -2.11. The smallest absolute Gasteiger partial charge is 0.258 e. The number of nitrogens with one attached hydrogen (secondary N) is 1. The van der Waals surface area contributed by atoms with E-state index in [0.717, 1.165) is 4.90 Å². The highest BCUT2D eigenvalue weighted by Gasteiger charge is 2.36. The largest absolute Gasteiger partial charge is 0.484 e. The minimum absolute atomic E-state index is 0.0298. The molecule has 1 fully saturated rings. The summed E-state index contributed by atoms with van der Waals surface area (Å²) in [6, 6.07) is 7.44. The average Bonchev–Trinajstić information content (AvgIpc) is 2.73. The Labute approximate surface area is 121 Å². The van der Waals surface area contributed by atoms with E-state index in [1.54, 1.807) is 24.3 Å². The predicted molar refractivity (Wildman–Crippen MR) is 71.0 cm³/mol. The molecule has 0 aliphatic carbocycles. The van der Waals surface area contributed by atoms with Gasteiger partial charge >= 0.3 is 0 Å². The molecule has 1 aromatic rings. The fourth-order valence-electron chi connectivity index (χ4n) is 1.88. The molecule has 0 radical (unpaired) electrons. The van der Waals surface area contributed by atoms with Gasteiger partial charge in [0, 0.05) is 7.05 Å². The lowest BCUT2D eigenvalue weighted by atomic mass is 10.2.